The first-order valence-electron chi connectivity index (χ1n) is 10.4. The molecule has 4 aliphatic heterocycles. The number of thioether (sulfide) groups is 1. The summed E-state index contributed by atoms with van der Waals surface area (Å²) in [6.07, 6.45) is 0.606. The number of rotatable bonds is 4. The van der Waals surface area contributed by atoms with Crippen molar-refractivity contribution >= 4 is 29.3 Å². The average molecular weight is 435 g/mol. The maximum Gasteiger partial charge on any atom is 0.308 e. The van der Waals surface area contributed by atoms with Crippen LogP contribution in [0.15, 0.2) is 21.8 Å². The second kappa shape index (κ2) is 6.91. The highest BCUT2D eigenvalue weighted by Gasteiger charge is 2.63. The molecule has 8 nitrogen and oxygen atoms in total. The summed E-state index contributed by atoms with van der Waals surface area (Å²) in [4.78, 5) is 43.6. The largest absolute Gasteiger partial charge is 0.491 e. The normalized spacial score (nSPS) is 38.4. The van der Waals surface area contributed by atoms with E-state index in [9.17, 15) is 19.5 Å². The zero-order valence-corrected chi connectivity index (χ0v) is 18.3. The lowest BCUT2D eigenvalue weighted by molar-refractivity contribution is -0.145. The molecule has 1 aliphatic carbocycles. The van der Waals surface area contributed by atoms with E-state index in [1.807, 2.05) is 20.9 Å². The summed E-state index contributed by atoms with van der Waals surface area (Å²) in [6, 6.07) is -0.734. The van der Waals surface area contributed by atoms with Crippen molar-refractivity contribution in [2.45, 2.75) is 62.3 Å². The fourth-order valence-electron chi connectivity index (χ4n) is 6.10. The predicted octanol–water partition coefficient (Wildman–Crippen LogP) is 1.02. The summed E-state index contributed by atoms with van der Waals surface area (Å²) in [5.41, 5.74) is 1.00. The number of aliphatic carboxylic acids is 1. The van der Waals surface area contributed by atoms with Crippen molar-refractivity contribution in [1.29, 1.82) is 0 Å². The number of allylic oxidation sites excluding steroid dienone is 2. The van der Waals surface area contributed by atoms with Gasteiger partial charge >= 0.3 is 5.97 Å². The molecular weight excluding hydrogens is 408 g/mol. The van der Waals surface area contributed by atoms with Crippen LogP contribution in [0.1, 0.15) is 26.7 Å². The van der Waals surface area contributed by atoms with E-state index in [-0.39, 0.29) is 53.0 Å². The van der Waals surface area contributed by atoms with Gasteiger partial charge in [-0.15, -0.1) is 11.8 Å². The van der Waals surface area contributed by atoms with Gasteiger partial charge in [-0.05, 0) is 19.9 Å². The molecule has 0 aromatic carbocycles. The minimum absolute atomic E-state index is 0.0246. The van der Waals surface area contributed by atoms with Gasteiger partial charge in [0, 0.05) is 28.5 Å². The van der Waals surface area contributed by atoms with Crippen molar-refractivity contribution in [3.05, 3.63) is 21.8 Å². The SMILES string of the molecule is COC1=C(SC(C)C)C(=O)C2=C(C[C@H]3[C@H]4[C@H](C(=O)O)C[C@@H](C5OC[C@@H]2N53)N4C)C1=O. The van der Waals surface area contributed by atoms with Crippen LogP contribution in [-0.2, 0) is 23.9 Å². The smallest absolute Gasteiger partial charge is 0.308 e. The molecule has 0 saturated carbocycles. The molecule has 0 radical (unpaired) electrons. The number of likely N-dealkylation sites (N-methyl/N-ethyl adjacent to an activating group) is 1. The first kappa shape index (κ1) is 20.2. The van der Waals surface area contributed by atoms with Crippen LogP contribution >= 0.6 is 11.8 Å². The Balaban J connectivity index is 1.60. The molecule has 6 atom stereocenters. The first-order chi connectivity index (χ1) is 14.3. The van der Waals surface area contributed by atoms with E-state index in [0.717, 1.165) is 0 Å². The van der Waals surface area contributed by atoms with E-state index in [2.05, 4.69) is 9.80 Å². The zero-order chi connectivity index (χ0) is 21.5. The Hall–Kier alpha value is -1.68. The van der Waals surface area contributed by atoms with Crippen LogP contribution in [0.4, 0.5) is 0 Å². The van der Waals surface area contributed by atoms with Gasteiger partial charge in [0.1, 0.15) is 11.1 Å². The number of Topliss-reactive ketones (excluding diaryl/α,β-unsaturated/α-hetero) is 2. The van der Waals surface area contributed by atoms with Crippen molar-refractivity contribution in [2.75, 3.05) is 20.8 Å². The van der Waals surface area contributed by atoms with Crippen molar-refractivity contribution in [3.8, 4) is 0 Å². The fraction of sp³-hybridized carbons (Fsp3) is 0.667. The summed E-state index contributed by atoms with van der Waals surface area (Å²) < 4.78 is 11.5. The topological polar surface area (TPSA) is 96.4 Å². The van der Waals surface area contributed by atoms with Crippen LogP contribution in [0.2, 0.25) is 0 Å². The van der Waals surface area contributed by atoms with Gasteiger partial charge < -0.3 is 14.6 Å². The van der Waals surface area contributed by atoms with Crippen molar-refractivity contribution < 1.29 is 29.0 Å². The number of methoxy groups -OCH3 is 1. The number of ether oxygens (including phenoxy) is 2. The Morgan fingerprint density at radius 3 is 2.63 bits per heavy atom. The molecule has 30 heavy (non-hydrogen) atoms. The number of nitrogens with zero attached hydrogens (tertiary/aromatic N) is 2. The van der Waals surface area contributed by atoms with E-state index in [0.29, 0.717) is 35.5 Å². The van der Waals surface area contributed by atoms with Gasteiger partial charge in [0.2, 0.25) is 11.6 Å². The highest BCUT2D eigenvalue weighted by atomic mass is 32.2. The van der Waals surface area contributed by atoms with E-state index >= 15 is 0 Å². The van der Waals surface area contributed by atoms with Crippen LogP contribution < -0.4 is 0 Å². The molecule has 5 aliphatic rings. The van der Waals surface area contributed by atoms with Gasteiger partial charge in [-0.2, -0.15) is 0 Å². The molecule has 0 spiro atoms. The van der Waals surface area contributed by atoms with E-state index in [1.54, 1.807) is 0 Å². The Kier molecular flexibility index (Phi) is 4.66. The zero-order valence-electron chi connectivity index (χ0n) is 17.5. The molecule has 162 valence electrons. The molecule has 4 heterocycles. The molecule has 0 amide bonds. The molecule has 2 bridgehead atoms. The summed E-state index contributed by atoms with van der Waals surface area (Å²) in [5, 5.41) is 9.94. The average Bonchev–Trinajstić information content (AvgIpc) is 3.22. The van der Waals surface area contributed by atoms with Crippen LogP contribution in [0.3, 0.4) is 0 Å². The predicted molar refractivity (Wildman–Crippen MR) is 109 cm³/mol. The van der Waals surface area contributed by atoms with Gasteiger partial charge in [0.25, 0.3) is 0 Å². The number of carboxylic acid groups (broad SMARTS) is 1. The highest BCUT2D eigenvalue weighted by Crippen LogP contribution is 2.51. The van der Waals surface area contributed by atoms with Crippen LogP contribution in [0, 0.1) is 5.92 Å². The molecule has 5 rings (SSSR count). The lowest BCUT2D eigenvalue weighted by Gasteiger charge is -2.51. The summed E-state index contributed by atoms with van der Waals surface area (Å²) in [5.74, 6) is -1.60. The molecule has 9 heteroatoms. The molecule has 1 unspecified atom stereocenters. The summed E-state index contributed by atoms with van der Waals surface area (Å²) in [7, 11) is 3.37. The Morgan fingerprint density at radius 2 is 2.00 bits per heavy atom. The lowest BCUT2D eigenvalue weighted by atomic mass is 9.77. The molecule has 0 aromatic heterocycles. The maximum absolute atomic E-state index is 13.5. The third kappa shape index (κ3) is 2.55. The van der Waals surface area contributed by atoms with Gasteiger partial charge in [-0.1, -0.05) is 13.8 Å². The monoisotopic (exact) mass is 434 g/mol. The summed E-state index contributed by atoms with van der Waals surface area (Å²) in [6.45, 7) is 4.29. The Labute approximate surface area is 179 Å². The molecule has 1 N–H and O–H groups in total. The second-order valence-electron chi connectivity index (χ2n) is 8.94. The van der Waals surface area contributed by atoms with Crippen molar-refractivity contribution in [3.63, 3.8) is 0 Å². The van der Waals surface area contributed by atoms with Gasteiger partial charge in [0.15, 0.2) is 5.76 Å². The molecular formula is C21H26N2O6S. The summed E-state index contributed by atoms with van der Waals surface area (Å²) >= 11 is 1.35. The molecule has 3 fully saturated rings. The number of carbonyl (C=O) groups excluding carboxylic acids is 2. The number of carboxylic acids is 1. The second-order valence-corrected chi connectivity index (χ2v) is 10.5. The minimum atomic E-state index is -0.814. The van der Waals surface area contributed by atoms with Crippen molar-refractivity contribution in [2.24, 2.45) is 5.92 Å². The number of piperazine rings is 1. The van der Waals surface area contributed by atoms with E-state index < -0.39 is 11.9 Å². The van der Waals surface area contributed by atoms with E-state index in [1.165, 1.54) is 18.9 Å². The number of carbonyl (C=O) groups is 3. The first-order valence-corrected chi connectivity index (χ1v) is 11.2. The maximum atomic E-state index is 13.5. The van der Waals surface area contributed by atoms with Crippen LogP contribution in [0.25, 0.3) is 0 Å². The lowest BCUT2D eigenvalue weighted by Crippen LogP contribution is -2.66. The quantitative estimate of drug-likeness (QED) is 0.651. The number of hydrogen-bond donors (Lipinski definition) is 1. The number of fused-ring (bicyclic) bond motifs is 5. The molecule has 3 saturated heterocycles. The minimum Gasteiger partial charge on any atom is -0.491 e. The van der Waals surface area contributed by atoms with E-state index in [4.69, 9.17) is 9.47 Å². The fourth-order valence-corrected chi connectivity index (χ4v) is 7.07. The van der Waals surface area contributed by atoms with Crippen LogP contribution in [0.5, 0.6) is 0 Å². The number of ketones is 2. The van der Waals surface area contributed by atoms with Gasteiger partial charge in [-0.3, -0.25) is 24.2 Å². The number of hydrogen-bond acceptors (Lipinski definition) is 8. The van der Waals surface area contributed by atoms with Gasteiger partial charge in [-0.25, -0.2) is 0 Å². The Bertz CT molecular complexity index is 911. The highest BCUT2D eigenvalue weighted by molar-refractivity contribution is 8.04. The van der Waals surface area contributed by atoms with Crippen molar-refractivity contribution in [1.82, 2.24) is 9.80 Å². The third-order valence-electron chi connectivity index (χ3n) is 7.17. The van der Waals surface area contributed by atoms with Crippen LogP contribution in [-0.4, -0.2) is 88.9 Å². The molecule has 0 aromatic rings. The Morgan fingerprint density at radius 1 is 1.27 bits per heavy atom. The van der Waals surface area contributed by atoms with Gasteiger partial charge in [0.05, 0.1) is 31.7 Å². The third-order valence-corrected chi connectivity index (χ3v) is 8.25. The standard InChI is InChI=1S/C21H26N2O6S/c1-8(2)30-19-17(25)14-9(16(24)18(19)28-4)5-11-15-10(21(26)27)6-12(22(15)3)20-23(11)13(14)7-29-20/h8,10-13,15,20H,5-7H2,1-4H3,(H,26,27)/t10-,11+,12+,13+,15-,20?/m1/s1.